The lowest BCUT2D eigenvalue weighted by Crippen LogP contribution is -2.26. The van der Waals surface area contributed by atoms with E-state index in [0.717, 1.165) is 29.0 Å². The van der Waals surface area contributed by atoms with Crippen molar-refractivity contribution in [2.24, 2.45) is 0 Å². The maximum absolute atomic E-state index is 12.5. The third-order valence-electron chi connectivity index (χ3n) is 4.27. The van der Waals surface area contributed by atoms with Crippen LogP contribution in [0.25, 0.3) is 6.08 Å². The minimum absolute atomic E-state index is 0.0801. The summed E-state index contributed by atoms with van der Waals surface area (Å²) in [6.07, 6.45) is 4.08. The molecule has 0 saturated heterocycles. The Hall–Kier alpha value is -3.08. The number of hydrogen-bond acceptors (Lipinski definition) is 4. The molecule has 0 radical (unpaired) electrons. The Morgan fingerprint density at radius 3 is 2.62 bits per heavy atom. The molecule has 0 fully saturated rings. The topological polar surface area (TPSA) is 55.8 Å². The van der Waals surface area contributed by atoms with Crippen LogP contribution >= 0.6 is 0 Å². The molecule has 134 valence electrons. The fourth-order valence-corrected chi connectivity index (χ4v) is 2.97. The molecule has 1 aliphatic rings. The molecule has 2 aromatic carbocycles. The van der Waals surface area contributed by atoms with Crippen LogP contribution in [0.3, 0.4) is 0 Å². The second-order valence-electron chi connectivity index (χ2n) is 5.91. The van der Waals surface area contributed by atoms with Crippen molar-refractivity contribution in [3.63, 3.8) is 0 Å². The highest BCUT2D eigenvalue weighted by atomic mass is 16.5. The van der Waals surface area contributed by atoms with Crippen LogP contribution in [-0.4, -0.2) is 32.1 Å². The zero-order chi connectivity index (χ0) is 18.5. The summed E-state index contributed by atoms with van der Waals surface area (Å²) in [5.41, 5.74) is 3.27. The average molecular weight is 351 g/mol. The number of carbonyl (C=O) groups excluding carboxylic acids is 2. The minimum atomic E-state index is -0.368. The molecule has 0 saturated carbocycles. The van der Waals surface area contributed by atoms with E-state index < -0.39 is 0 Å². The first-order valence-electron chi connectivity index (χ1n) is 8.56. The highest BCUT2D eigenvalue weighted by Gasteiger charge is 2.24. The van der Waals surface area contributed by atoms with Gasteiger partial charge in [0.05, 0.1) is 19.3 Å². The Kier molecular flexibility index (Phi) is 5.37. The maximum Gasteiger partial charge on any atom is 0.337 e. The fraction of sp³-hybridized carbons (Fsp3) is 0.238. The van der Waals surface area contributed by atoms with Crippen LogP contribution in [-0.2, 0) is 16.0 Å². The molecule has 0 N–H and O–H groups in total. The molecular formula is C21H21NO4. The molecule has 2 aromatic rings. The van der Waals surface area contributed by atoms with E-state index in [9.17, 15) is 9.59 Å². The molecule has 5 nitrogen and oxygen atoms in total. The van der Waals surface area contributed by atoms with E-state index in [2.05, 4.69) is 0 Å². The number of methoxy groups -OCH3 is 1. The van der Waals surface area contributed by atoms with Gasteiger partial charge in [0.25, 0.3) is 5.91 Å². The lowest BCUT2D eigenvalue weighted by atomic mass is 10.1. The number of rotatable bonds is 5. The number of benzene rings is 2. The van der Waals surface area contributed by atoms with Crippen LogP contribution in [0.4, 0.5) is 5.69 Å². The number of esters is 1. The summed E-state index contributed by atoms with van der Waals surface area (Å²) in [6, 6.07) is 12.9. The van der Waals surface area contributed by atoms with Gasteiger partial charge in [0.15, 0.2) is 0 Å². The second-order valence-corrected chi connectivity index (χ2v) is 5.91. The van der Waals surface area contributed by atoms with Gasteiger partial charge in [-0.1, -0.05) is 12.1 Å². The van der Waals surface area contributed by atoms with E-state index in [-0.39, 0.29) is 11.9 Å². The third-order valence-corrected chi connectivity index (χ3v) is 4.27. The van der Waals surface area contributed by atoms with Gasteiger partial charge in [0, 0.05) is 18.3 Å². The molecule has 0 unspecified atom stereocenters. The lowest BCUT2D eigenvalue weighted by Gasteiger charge is -2.15. The molecule has 0 spiro atoms. The molecule has 3 rings (SSSR count). The van der Waals surface area contributed by atoms with Gasteiger partial charge in [-0.2, -0.15) is 0 Å². The van der Waals surface area contributed by atoms with Crippen LogP contribution in [0.5, 0.6) is 5.75 Å². The standard InChI is InChI=1S/C21H21NO4/c1-3-26-18-8-4-15(5-9-18)6-11-20(23)22-13-12-16-14-17(21(24)25-2)7-10-19(16)22/h4-11,14H,3,12-13H2,1-2H3/b11-6+. The van der Waals surface area contributed by atoms with Gasteiger partial charge in [-0.25, -0.2) is 4.79 Å². The van der Waals surface area contributed by atoms with E-state index in [1.54, 1.807) is 35.3 Å². The van der Waals surface area contributed by atoms with E-state index >= 15 is 0 Å². The first-order chi connectivity index (χ1) is 12.6. The van der Waals surface area contributed by atoms with E-state index in [4.69, 9.17) is 9.47 Å². The molecule has 5 heteroatoms. The molecule has 0 bridgehead atoms. The van der Waals surface area contributed by atoms with Crippen molar-refractivity contribution in [1.82, 2.24) is 0 Å². The molecule has 0 atom stereocenters. The molecule has 0 aromatic heterocycles. The van der Waals surface area contributed by atoms with Crippen molar-refractivity contribution in [2.45, 2.75) is 13.3 Å². The number of nitrogens with zero attached hydrogens (tertiary/aromatic N) is 1. The number of fused-ring (bicyclic) bond motifs is 1. The monoisotopic (exact) mass is 351 g/mol. The van der Waals surface area contributed by atoms with Gasteiger partial charge in [-0.15, -0.1) is 0 Å². The molecule has 1 aliphatic heterocycles. The van der Waals surface area contributed by atoms with Crippen molar-refractivity contribution < 1.29 is 19.1 Å². The minimum Gasteiger partial charge on any atom is -0.494 e. The van der Waals surface area contributed by atoms with Crippen molar-refractivity contribution in [3.8, 4) is 5.75 Å². The Morgan fingerprint density at radius 1 is 1.15 bits per heavy atom. The predicted molar refractivity (Wildman–Crippen MR) is 100 cm³/mol. The van der Waals surface area contributed by atoms with Crippen LogP contribution < -0.4 is 9.64 Å². The van der Waals surface area contributed by atoms with Crippen molar-refractivity contribution >= 4 is 23.6 Å². The van der Waals surface area contributed by atoms with Crippen LogP contribution in [0, 0.1) is 0 Å². The largest absolute Gasteiger partial charge is 0.494 e. The second kappa shape index (κ2) is 7.87. The number of ether oxygens (including phenoxy) is 2. The average Bonchev–Trinajstić information content (AvgIpc) is 3.10. The van der Waals surface area contributed by atoms with Gasteiger partial charge in [0.2, 0.25) is 0 Å². The normalized spacial score (nSPS) is 12.9. The summed E-state index contributed by atoms with van der Waals surface area (Å²) in [7, 11) is 1.36. The van der Waals surface area contributed by atoms with Crippen molar-refractivity contribution in [3.05, 3.63) is 65.2 Å². The first-order valence-corrected chi connectivity index (χ1v) is 8.56. The van der Waals surface area contributed by atoms with Gasteiger partial charge in [-0.05, 0) is 60.9 Å². The summed E-state index contributed by atoms with van der Waals surface area (Å²) in [4.78, 5) is 25.9. The molecule has 1 amide bonds. The summed E-state index contributed by atoms with van der Waals surface area (Å²) >= 11 is 0. The van der Waals surface area contributed by atoms with Crippen LogP contribution in [0.1, 0.15) is 28.4 Å². The van der Waals surface area contributed by atoms with Crippen LogP contribution in [0.15, 0.2) is 48.5 Å². The summed E-state index contributed by atoms with van der Waals surface area (Å²) in [5.74, 6) is 0.363. The third kappa shape index (κ3) is 3.77. The van der Waals surface area contributed by atoms with Gasteiger partial charge in [0.1, 0.15) is 5.75 Å². The molecule has 1 heterocycles. The number of amides is 1. The predicted octanol–water partition coefficient (Wildman–Crippen LogP) is 3.47. The summed E-state index contributed by atoms with van der Waals surface area (Å²) in [5, 5.41) is 0. The smallest absolute Gasteiger partial charge is 0.337 e. The first kappa shape index (κ1) is 17.7. The molecule has 0 aliphatic carbocycles. The summed E-state index contributed by atoms with van der Waals surface area (Å²) in [6.45, 7) is 3.17. The highest BCUT2D eigenvalue weighted by molar-refractivity contribution is 6.05. The Bertz CT molecular complexity index is 840. The number of anilines is 1. The lowest BCUT2D eigenvalue weighted by molar-refractivity contribution is -0.114. The number of hydrogen-bond donors (Lipinski definition) is 0. The van der Waals surface area contributed by atoms with E-state index in [0.29, 0.717) is 18.7 Å². The quantitative estimate of drug-likeness (QED) is 0.611. The van der Waals surface area contributed by atoms with Crippen molar-refractivity contribution in [2.75, 3.05) is 25.2 Å². The summed E-state index contributed by atoms with van der Waals surface area (Å²) < 4.78 is 10.2. The van der Waals surface area contributed by atoms with Crippen LogP contribution in [0.2, 0.25) is 0 Å². The Morgan fingerprint density at radius 2 is 1.92 bits per heavy atom. The highest BCUT2D eigenvalue weighted by Crippen LogP contribution is 2.29. The maximum atomic E-state index is 12.5. The van der Waals surface area contributed by atoms with Crippen molar-refractivity contribution in [1.29, 1.82) is 0 Å². The van der Waals surface area contributed by atoms with Gasteiger partial charge < -0.3 is 14.4 Å². The molecular weight excluding hydrogens is 330 g/mol. The zero-order valence-electron chi connectivity index (χ0n) is 14.9. The van der Waals surface area contributed by atoms with E-state index in [1.807, 2.05) is 31.2 Å². The van der Waals surface area contributed by atoms with Gasteiger partial charge >= 0.3 is 5.97 Å². The SMILES string of the molecule is CCOc1ccc(/C=C/C(=O)N2CCc3cc(C(=O)OC)ccc32)cc1. The Labute approximate surface area is 152 Å². The number of carbonyl (C=O) groups is 2. The molecule has 26 heavy (non-hydrogen) atoms. The Balaban J connectivity index is 1.71. The zero-order valence-corrected chi connectivity index (χ0v) is 14.9. The van der Waals surface area contributed by atoms with Gasteiger partial charge in [-0.3, -0.25) is 4.79 Å². The van der Waals surface area contributed by atoms with E-state index in [1.165, 1.54) is 7.11 Å². The fourth-order valence-electron chi connectivity index (χ4n) is 2.97.